The third-order valence-corrected chi connectivity index (χ3v) is 4.14. The first-order chi connectivity index (χ1) is 9.83. The fourth-order valence-corrected chi connectivity index (χ4v) is 3.09. The molecular weight excluding hydrogens is 278 g/mol. The number of nitrogen functional groups attached to an aromatic ring is 1. The number of nitrogens with zero attached hydrogens (tertiary/aromatic N) is 6. The highest BCUT2D eigenvalue weighted by atomic mass is 32.1. The van der Waals surface area contributed by atoms with Crippen LogP contribution in [-0.4, -0.2) is 43.0 Å². The Morgan fingerprint density at radius 3 is 3.00 bits per heavy atom. The second-order valence-corrected chi connectivity index (χ2v) is 5.47. The van der Waals surface area contributed by atoms with E-state index in [1.165, 1.54) is 11.3 Å². The maximum atomic E-state index is 5.83. The molecule has 0 radical (unpaired) electrons. The van der Waals surface area contributed by atoms with Crippen LogP contribution in [0.3, 0.4) is 0 Å². The van der Waals surface area contributed by atoms with Gasteiger partial charge in [-0.05, 0) is 6.42 Å². The molecule has 1 aliphatic rings. The average Bonchev–Trinajstić information content (AvgIpc) is 3.14. The van der Waals surface area contributed by atoms with Crippen LogP contribution in [0, 0.1) is 0 Å². The number of anilines is 1. The van der Waals surface area contributed by atoms with E-state index in [2.05, 4.69) is 25.3 Å². The summed E-state index contributed by atoms with van der Waals surface area (Å²) < 4.78 is 7.15. The molecule has 0 saturated carbocycles. The molecule has 1 atom stereocenters. The summed E-state index contributed by atoms with van der Waals surface area (Å²) in [7, 11) is 0. The minimum Gasteiger partial charge on any atom is -0.382 e. The lowest BCUT2D eigenvalue weighted by Crippen LogP contribution is -2.05. The van der Waals surface area contributed by atoms with Crippen molar-refractivity contribution in [1.82, 2.24) is 29.8 Å². The van der Waals surface area contributed by atoms with Crippen LogP contribution in [-0.2, 0) is 4.74 Å². The van der Waals surface area contributed by atoms with Crippen molar-refractivity contribution in [3.8, 4) is 10.7 Å². The molecule has 0 aliphatic carbocycles. The first kappa shape index (κ1) is 11.7. The van der Waals surface area contributed by atoms with Gasteiger partial charge in [-0.2, -0.15) is 9.61 Å². The monoisotopic (exact) mass is 289 g/mol. The Hall–Kier alpha value is -2.13. The predicted octanol–water partition coefficient (Wildman–Crippen LogP) is 0.729. The van der Waals surface area contributed by atoms with Crippen LogP contribution < -0.4 is 5.73 Å². The van der Waals surface area contributed by atoms with Gasteiger partial charge < -0.3 is 10.5 Å². The minimum absolute atomic E-state index is 0.249. The second kappa shape index (κ2) is 4.46. The van der Waals surface area contributed by atoms with E-state index in [1.807, 2.05) is 0 Å². The number of nitrogens with two attached hydrogens (primary N) is 1. The zero-order valence-corrected chi connectivity index (χ0v) is 11.2. The van der Waals surface area contributed by atoms with Gasteiger partial charge in [0, 0.05) is 24.9 Å². The van der Waals surface area contributed by atoms with Gasteiger partial charge in [0.05, 0.1) is 6.61 Å². The lowest BCUT2D eigenvalue weighted by Gasteiger charge is -2.02. The molecule has 1 unspecified atom stereocenters. The van der Waals surface area contributed by atoms with Crippen molar-refractivity contribution in [2.75, 3.05) is 18.9 Å². The lowest BCUT2D eigenvalue weighted by atomic mass is 10.1. The smallest absolute Gasteiger partial charge is 0.235 e. The molecular formula is C11H11N7OS. The number of fused-ring (bicyclic) bond motifs is 1. The van der Waals surface area contributed by atoms with E-state index < -0.39 is 0 Å². The van der Waals surface area contributed by atoms with Crippen LogP contribution in [0.2, 0.25) is 0 Å². The number of rotatable bonds is 2. The van der Waals surface area contributed by atoms with Crippen molar-refractivity contribution in [2.24, 2.45) is 0 Å². The van der Waals surface area contributed by atoms with Gasteiger partial charge in [-0.25, -0.2) is 9.97 Å². The molecule has 0 spiro atoms. The van der Waals surface area contributed by atoms with Crippen LogP contribution in [0.1, 0.15) is 18.2 Å². The van der Waals surface area contributed by atoms with Crippen molar-refractivity contribution >= 4 is 22.1 Å². The Labute approximate surface area is 117 Å². The summed E-state index contributed by atoms with van der Waals surface area (Å²) in [5.41, 5.74) is 6.41. The van der Waals surface area contributed by atoms with Crippen molar-refractivity contribution in [3.05, 3.63) is 18.2 Å². The summed E-state index contributed by atoms with van der Waals surface area (Å²) in [4.78, 5) is 8.98. The van der Waals surface area contributed by atoms with Gasteiger partial charge in [0.15, 0.2) is 16.6 Å². The molecule has 1 saturated heterocycles. The molecule has 0 bridgehead atoms. The van der Waals surface area contributed by atoms with Crippen LogP contribution in [0.4, 0.5) is 5.82 Å². The second-order valence-electron chi connectivity index (χ2n) is 4.51. The first-order valence-electron chi connectivity index (χ1n) is 6.19. The quantitative estimate of drug-likeness (QED) is 0.741. The van der Waals surface area contributed by atoms with Gasteiger partial charge in [-0.15, -0.1) is 10.2 Å². The van der Waals surface area contributed by atoms with E-state index in [0.717, 1.165) is 23.8 Å². The van der Waals surface area contributed by atoms with E-state index in [1.54, 1.807) is 16.9 Å². The average molecular weight is 289 g/mol. The molecule has 9 heteroatoms. The van der Waals surface area contributed by atoms with Crippen LogP contribution >= 0.6 is 11.3 Å². The SMILES string of the molecule is Nc1nccnc1-c1nn2c(C3CCOC3)nnc2s1. The summed E-state index contributed by atoms with van der Waals surface area (Å²) >= 11 is 1.40. The van der Waals surface area contributed by atoms with E-state index in [9.17, 15) is 0 Å². The largest absolute Gasteiger partial charge is 0.382 e. The lowest BCUT2D eigenvalue weighted by molar-refractivity contribution is 0.193. The van der Waals surface area contributed by atoms with Gasteiger partial charge in [-0.3, -0.25) is 0 Å². The van der Waals surface area contributed by atoms with Crippen LogP contribution in [0.15, 0.2) is 12.4 Å². The standard InChI is InChI=1S/C11H11N7OS/c12-8-7(13-2-3-14-8)10-17-18-9(6-1-4-19-5-6)15-16-11(18)20-10/h2-3,6H,1,4-5H2,(H2,12,14). The van der Waals surface area contributed by atoms with E-state index in [0.29, 0.717) is 23.1 Å². The molecule has 20 heavy (non-hydrogen) atoms. The summed E-state index contributed by atoms with van der Waals surface area (Å²) in [6, 6.07) is 0. The normalized spacial score (nSPS) is 18.9. The Morgan fingerprint density at radius 2 is 2.20 bits per heavy atom. The van der Waals surface area contributed by atoms with Gasteiger partial charge in [0.1, 0.15) is 5.69 Å². The maximum absolute atomic E-state index is 5.83. The van der Waals surface area contributed by atoms with Crippen LogP contribution in [0.25, 0.3) is 15.7 Å². The summed E-state index contributed by atoms with van der Waals surface area (Å²) in [6.07, 6.45) is 4.10. The zero-order chi connectivity index (χ0) is 13.5. The number of ether oxygens (including phenoxy) is 1. The van der Waals surface area contributed by atoms with Gasteiger partial charge in [0.2, 0.25) is 4.96 Å². The van der Waals surface area contributed by atoms with E-state index in [4.69, 9.17) is 10.5 Å². The molecule has 4 rings (SSSR count). The van der Waals surface area contributed by atoms with Gasteiger partial charge in [-0.1, -0.05) is 11.3 Å². The Kier molecular flexibility index (Phi) is 2.60. The third-order valence-electron chi connectivity index (χ3n) is 3.24. The van der Waals surface area contributed by atoms with Gasteiger partial charge >= 0.3 is 0 Å². The Bertz CT molecular complexity index is 761. The molecule has 3 aromatic rings. The summed E-state index contributed by atoms with van der Waals surface area (Å²) in [6.45, 7) is 1.43. The molecule has 102 valence electrons. The van der Waals surface area contributed by atoms with Crippen LogP contribution in [0.5, 0.6) is 0 Å². The Balaban J connectivity index is 1.81. The fraction of sp³-hybridized carbons (Fsp3) is 0.364. The highest BCUT2D eigenvalue weighted by Gasteiger charge is 2.25. The molecule has 2 N–H and O–H groups in total. The van der Waals surface area contributed by atoms with E-state index in [-0.39, 0.29) is 5.92 Å². The molecule has 0 aromatic carbocycles. The van der Waals surface area contributed by atoms with Crippen molar-refractivity contribution < 1.29 is 4.74 Å². The summed E-state index contributed by atoms with van der Waals surface area (Å²) in [5, 5.41) is 13.6. The molecule has 4 heterocycles. The Morgan fingerprint density at radius 1 is 1.30 bits per heavy atom. The highest BCUT2D eigenvalue weighted by Crippen LogP contribution is 2.30. The molecule has 1 fully saturated rings. The van der Waals surface area contributed by atoms with E-state index >= 15 is 0 Å². The summed E-state index contributed by atoms with van der Waals surface area (Å²) in [5.74, 6) is 1.45. The predicted molar refractivity (Wildman–Crippen MR) is 72.3 cm³/mol. The minimum atomic E-state index is 0.249. The zero-order valence-electron chi connectivity index (χ0n) is 10.4. The van der Waals surface area contributed by atoms with Crippen molar-refractivity contribution in [3.63, 3.8) is 0 Å². The molecule has 0 amide bonds. The molecule has 3 aromatic heterocycles. The van der Waals surface area contributed by atoms with Crippen molar-refractivity contribution in [2.45, 2.75) is 12.3 Å². The third kappa shape index (κ3) is 1.74. The number of hydrogen-bond donors (Lipinski definition) is 1. The van der Waals surface area contributed by atoms with Crippen molar-refractivity contribution in [1.29, 1.82) is 0 Å². The molecule has 1 aliphatic heterocycles. The fourth-order valence-electron chi connectivity index (χ4n) is 2.23. The topological polar surface area (TPSA) is 104 Å². The highest BCUT2D eigenvalue weighted by molar-refractivity contribution is 7.19. The first-order valence-corrected chi connectivity index (χ1v) is 7.01. The number of hydrogen-bond acceptors (Lipinski definition) is 8. The molecule has 8 nitrogen and oxygen atoms in total. The van der Waals surface area contributed by atoms with Gasteiger partial charge in [0.25, 0.3) is 0 Å². The number of aromatic nitrogens is 6. The maximum Gasteiger partial charge on any atom is 0.235 e.